The Morgan fingerprint density at radius 3 is 1.14 bits per heavy atom. The second kappa shape index (κ2) is 27.4. The van der Waals surface area contributed by atoms with Gasteiger partial charge in [0.05, 0.1) is 19.6 Å². The molecule has 1 N–H and O–H groups in total. The number of rotatable bonds is 30. The Balaban J connectivity index is 5.59. The number of quaternary nitrogens is 1. The Kier molecular flexibility index (Phi) is 27.4. The van der Waals surface area contributed by atoms with Crippen molar-refractivity contribution in [2.24, 2.45) is 0 Å². The predicted octanol–water partition coefficient (Wildman–Crippen LogP) is 10.6. The Morgan fingerprint density at radius 2 is 0.784 bits per heavy atom. The average Bonchev–Trinajstić information content (AvgIpc) is 2.90. The van der Waals surface area contributed by atoms with Crippen LogP contribution in [0.25, 0.3) is 0 Å². The lowest BCUT2D eigenvalue weighted by atomic mass is 9.98. The molecule has 0 aromatic carbocycles. The molecule has 0 bridgehead atoms. The van der Waals surface area contributed by atoms with Crippen LogP contribution >= 0.6 is 0 Å². The van der Waals surface area contributed by atoms with E-state index in [4.69, 9.17) is 4.74 Å². The van der Waals surface area contributed by atoms with Gasteiger partial charge in [-0.3, -0.25) is 0 Å². The van der Waals surface area contributed by atoms with E-state index in [9.17, 15) is 5.11 Å². The third kappa shape index (κ3) is 19.6. The molecule has 0 aromatic rings. The van der Waals surface area contributed by atoms with Gasteiger partial charge in [0.1, 0.15) is 6.04 Å². The molecule has 2 atom stereocenters. The van der Waals surface area contributed by atoms with Gasteiger partial charge in [-0.05, 0) is 51.9 Å². The van der Waals surface area contributed by atoms with E-state index < -0.39 is 6.29 Å². The molecule has 0 radical (unpaired) electrons. The fourth-order valence-electron chi connectivity index (χ4n) is 6.20. The van der Waals surface area contributed by atoms with E-state index in [0.717, 1.165) is 10.9 Å². The average molecular weight is 527 g/mol. The normalized spacial score (nSPS) is 13.8. The quantitative estimate of drug-likeness (QED) is 0.0573. The van der Waals surface area contributed by atoms with Gasteiger partial charge < -0.3 is 14.3 Å². The molecule has 0 aliphatic rings. The maximum atomic E-state index is 11.4. The van der Waals surface area contributed by atoms with Gasteiger partial charge in [-0.25, -0.2) is 0 Å². The standard InChI is InChI=1S/C34H72NO2/c1-6-11-15-19-22-26-30-35(31-27-23-20-16-12-7-2,32-28-24-21-17-13-8-3)33(34(36)37-10-5)29-25-18-14-9-4/h33-34,36H,6-32H2,1-5H3/q+1. The molecule has 3 heteroatoms. The summed E-state index contributed by atoms with van der Waals surface area (Å²) in [5.41, 5.74) is 0. The second-order valence-corrected chi connectivity index (χ2v) is 12.0. The maximum Gasteiger partial charge on any atom is 0.208 e. The molecule has 3 nitrogen and oxygen atoms in total. The topological polar surface area (TPSA) is 29.5 Å². The van der Waals surface area contributed by atoms with Crippen LogP contribution in [0.5, 0.6) is 0 Å². The molecule has 0 heterocycles. The fraction of sp³-hybridized carbons (Fsp3) is 1.00. The van der Waals surface area contributed by atoms with Crippen molar-refractivity contribution >= 4 is 0 Å². The number of unbranched alkanes of at least 4 members (excludes halogenated alkanes) is 18. The summed E-state index contributed by atoms with van der Waals surface area (Å²) in [7, 11) is 0. The van der Waals surface area contributed by atoms with E-state index in [1.807, 2.05) is 6.92 Å². The van der Waals surface area contributed by atoms with Gasteiger partial charge >= 0.3 is 0 Å². The smallest absolute Gasteiger partial charge is 0.208 e. The first kappa shape index (κ1) is 36.9. The second-order valence-electron chi connectivity index (χ2n) is 12.0. The molecular formula is C34H72NO2+. The highest BCUT2D eigenvalue weighted by molar-refractivity contribution is 4.68. The van der Waals surface area contributed by atoms with Crippen LogP contribution in [-0.2, 0) is 4.74 Å². The number of hydrogen-bond donors (Lipinski definition) is 1. The zero-order valence-corrected chi connectivity index (χ0v) is 26.5. The van der Waals surface area contributed by atoms with Gasteiger partial charge in [0, 0.05) is 13.0 Å². The number of hydrogen-bond acceptors (Lipinski definition) is 2. The first-order valence-electron chi connectivity index (χ1n) is 17.3. The van der Waals surface area contributed by atoms with Crippen molar-refractivity contribution in [3.63, 3.8) is 0 Å². The summed E-state index contributed by atoms with van der Waals surface area (Å²) in [5, 5.41) is 11.4. The zero-order valence-electron chi connectivity index (χ0n) is 26.5. The van der Waals surface area contributed by atoms with Crippen molar-refractivity contribution in [3.8, 4) is 0 Å². The molecule has 0 aliphatic heterocycles. The van der Waals surface area contributed by atoms with Crippen molar-refractivity contribution in [2.45, 2.75) is 195 Å². The van der Waals surface area contributed by atoms with Crippen molar-refractivity contribution < 1.29 is 14.3 Å². The van der Waals surface area contributed by atoms with Gasteiger partial charge in [0.25, 0.3) is 0 Å². The van der Waals surface area contributed by atoms with Gasteiger partial charge in [0.2, 0.25) is 6.29 Å². The summed E-state index contributed by atoms with van der Waals surface area (Å²) in [6, 6.07) is 0.235. The molecule has 0 rings (SSSR count). The Bertz CT molecular complexity index is 401. The van der Waals surface area contributed by atoms with Gasteiger partial charge in [-0.15, -0.1) is 0 Å². The summed E-state index contributed by atoms with van der Waals surface area (Å²) in [4.78, 5) is 0. The first-order valence-corrected chi connectivity index (χ1v) is 17.3. The molecule has 0 saturated heterocycles. The summed E-state index contributed by atoms with van der Waals surface area (Å²) in [6.07, 6.45) is 29.9. The number of nitrogens with zero attached hydrogens (tertiary/aromatic N) is 1. The minimum atomic E-state index is -0.619. The highest BCUT2D eigenvalue weighted by Gasteiger charge is 2.40. The van der Waals surface area contributed by atoms with Crippen LogP contribution in [0.15, 0.2) is 0 Å². The molecular weight excluding hydrogens is 454 g/mol. The molecule has 0 amide bonds. The molecule has 37 heavy (non-hydrogen) atoms. The molecule has 224 valence electrons. The summed E-state index contributed by atoms with van der Waals surface area (Å²) < 4.78 is 7.10. The number of ether oxygens (including phenoxy) is 1. The largest absolute Gasteiger partial charge is 0.363 e. The number of aliphatic hydroxyl groups excluding tert-OH is 1. The van der Waals surface area contributed by atoms with Crippen LogP contribution in [0.1, 0.15) is 182 Å². The third-order valence-corrected chi connectivity index (χ3v) is 8.59. The molecule has 2 unspecified atom stereocenters. The summed E-state index contributed by atoms with van der Waals surface area (Å²) in [5.74, 6) is 0. The van der Waals surface area contributed by atoms with Crippen molar-refractivity contribution in [1.29, 1.82) is 0 Å². The SMILES string of the molecule is CCCCCCCC[N+](CCCCCCCC)(CCCCCCCC)C(CCCCCC)C(O)OCC. The van der Waals surface area contributed by atoms with Gasteiger partial charge in [0.15, 0.2) is 0 Å². The lowest BCUT2D eigenvalue weighted by molar-refractivity contribution is -0.958. The van der Waals surface area contributed by atoms with E-state index in [-0.39, 0.29) is 6.04 Å². The van der Waals surface area contributed by atoms with Crippen LogP contribution in [0.2, 0.25) is 0 Å². The van der Waals surface area contributed by atoms with Crippen molar-refractivity contribution in [3.05, 3.63) is 0 Å². The third-order valence-electron chi connectivity index (χ3n) is 8.59. The zero-order chi connectivity index (χ0) is 27.5. The van der Waals surface area contributed by atoms with E-state index in [0.29, 0.717) is 6.61 Å². The van der Waals surface area contributed by atoms with E-state index in [1.165, 1.54) is 161 Å². The van der Waals surface area contributed by atoms with Crippen LogP contribution in [0.3, 0.4) is 0 Å². The molecule has 0 aromatic heterocycles. The minimum absolute atomic E-state index is 0.235. The maximum absolute atomic E-state index is 11.4. The van der Waals surface area contributed by atoms with E-state index in [1.54, 1.807) is 0 Å². The molecule has 0 aliphatic carbocycles. The van der Waals surface area contributed by atoms with Crippen LogP contribution in [-0.4, -0.2) is 48.2 Å². The predicted molar refractivity (Wildman–Crippen MR) is 165 cm³/mol. The lowest BCUT2D eigenvalue weighted by Crippen LogP contribution is -2.61. The van der Waals surface area contributed by atoms with Gasteiger partial charge in [-0.2, -0.15) is 0 Å². The summed E-state index contributed by atoms with van der Waals surface area (Å²) in [6.45, 7) is 15.6. The van der Waals surface area contributed by atoms with E-state index >= 15 is 0 Å². The molecule has 0 fully saturated rings. The van der Waals surface area contributed by atoms with Crippen molar-refractivity contribution in [2.75, 3.05) is 26.2 Å². The van der Waals surface area contributed by atoms with E-state index in [2.05, 4.69) is 27.7 Å². The van der Waals surface area contributed by atoms with Crippen LogP contribution in [0, 0.1) is 0 Å². The highest BCUT2D eigenvalue weighted by atomic mass is 16.6. The Hall–Kier alpha value is -0.120. The van der Waals surface area contributed by atoms with Crippen LogP contribution in [0.4, 0.5) is 0 Å². The summed E-state index contributed by atoms with van der Waals surface area (Å²) >= 11 is 0. The monoisotopic (exact) mass is 527 g/mol. The Labute approximate surface area is 235 Å². The first-order chi connectivity index (χ1) is 18.1. The molecule has 0 spiro atoms. The Morgan fingerprint density at radius 1 is 0.459 bits per heavy atom. The van der Waals surface area contributed by atoms with Crippen LogP contribution < -0.4 is 0 Å². The van der Waals surface area contributed by atoms with Gasteiger partial charge in [-0.1, -0.05) is 124 Å². The fourth-order valence-corrected chi connectivity index (χ4v) is 6.20. The highest BCUT2D eigenvalue weighted by Crippen LogP contribution is 2.28. The lowest BCUT2D eigenvalue weighted by Gasteiger charge is -2.47. The van der Waals surface area contributed by atoms with Crippen molar-refractivity contribution in [1.82, 2.24) is 0 Å². The molecule has 0 saturated carbocycles. The number of aliphatic hydroxyl groups is 1. The minimum Gasteiger partial charge on any atom is -0.363 e.